The van der Waals surface area contributed by atoms with Crippen molar-refractivity contribution in [3.05, 3.63) is 35.9 Å². The maximum absolute atomic E-state index is 12.3. The van der Waals surface area contributed by atoms with Gasteiger partial charge in [-0.3, -0.25) is 4.79 Å². The van der Waals surface area contributed by atoms with E-state index in [1.54, 1.807) is 0 Å². The Morgan fingerprint density at radius 2 is 1.84 bits per heavy atom. The Labute approximate surface area is 122 Å². The molecule has 0 heterocycles. The maximum atomic E-state index is 12.3. The van der Waals surface area contributed by atoms with Crippen LogP contribution in [-0.4, -0.2) is 30.4 Å². The van der Waals surface area contributed by atoms with Crippen molar-refractivity contribution in [3.8, 4) is 0 Å². The third-order valence-electron chi connectivity index (χ3n) is 3.27. The van der Waals surface area contributed by atoms with Crippen molar-refractivity contribution in [2.75, 3.05) is 19.6 Å². The molecular formula is C15H25ClN2O. The highest BCUT2D eigenvalue weighted by atomic mass is 35.5. The molecule has 0 aromatic heterocycles. The number of hydrogen-bond acceptors (Lipinski definition) is 2. The van der Waals surface area contributed by atoms with Gasteiger partial charge in [-0.2, -0.15) is 0 Å². The molecule has 0 saturated carbocycles. The summed E-state index contributed by atoms with van der Waals surface area (Å²) in [6.45, 7) is 7.68. The zero-order valence-corrected chi connectivity index (χ0v) is 12.9. The first kappa shape index (κ1) is 17.9. The second-order valence-electron chi connectivity index (χ2n) is 5.21. The van der Waals surface area contributed by atoms with Crippen molar-refractivity contribution in [1.29, 1.82) is 0 Å². The molecule has 1 aromatic rings. The van der Waals surface area contributed by atoms with Gasteiger partial charge in [0.05, 0.1) is 5.41 Å². The van der Waals surface area contributed by atoms with E-state index in [1.165, 1.54) is 5.56 Å². The number of halogens is 1. The van der Waals surface area contributed by atoms with Crippen LogP contribution in [0.4, 0.5) is 0 Å². The van der Waals surface area contributed by atoms with E-state index >= 15 is 0 Å². The largest absolute Gasteiger partial charge is 0.342 e. The molecule has 0 fully saturated rings. The highest BCUT2D eigenvalue weighted by Gasteiger charge is 2.29. The van der Waals surface area contributed by atoms with E-state index in [0.29, 0.717) is 6.54 Å². The summed E-state index contributed by atoms with van der Waals surface area (Å²) in [7, 11) is 0. The zero-order valence-electron chi connectivity index (χ0n) is 12.1. The summed E-state index contributed by atoms with van der Waals surface area (Å²) in [5.74, 6) is 0.142. The van der Waals surface area contributed by atoms with E-state index in [-0.39, 0.29) is 18.3 Å². The van der Waals surface area contributed by atoms with Gasteiger partial charge in [0.25, 0.3) is 0 Å². The molecule has 0 saturated heterocycles. The first-order valence-corrected chi connectivity index (χ1v) is 6.54. The number of carbonyl (C=O) groups is 1. The molecule has 1 aromatic carbocycles. The number of carbonyl (C=O) groups excluding carboxylic acids is 1. The third kappa shape index (κ3) is 5.21. The smallest absolute Gasteiger partial charge is 0.229 e. The van der Waals surface area contributed by atoms with Crippen LogP contribution in [0.3, 0.4) is 0 Å². The molecule has 2 N–H and O–H groups in total. The summed E-state index contributed by atoms with van der Waals surface area (Å²) >= 11 is 0. The summed E-state index contributed by atoms with van der Waals surface area (Å²) in [6.07, 6.45) is 0.890. The summed E-state index contributed by atoms with van der Waals surface area (Å²) < 4.78 is 0. The first-order valence-electron chi connectivity index (χ1n) is 6.54. The Morgan fingerprint density at radius 3 is 2.32 bits per heavy atom. The van der Waals surface area contributed by atoms with E-state index < -0.39 is 5.41 Å². The predicted molar refractivity (Wildman–Crippen MR) is 82.5 cm³/mol. The van der Waals surface area contributed by atoms with E-state index in [4.69, 9.17) is 5.73 Å². The predicted octanol–water partition coefficient (Wildman–Crippen LogP) is 2.48. The van der Waals surface area contributed by atoms with Crippen molar-refractivity contribution in [1.82, 2.24) is 4.90 Å². The van der Waals surface area contributed by atoms with Crippen LogP contribution in [0.5, 0.6) is 0 Å². The Bertz CT molecular complexity index is 379. The summed E-state index contributed by atoms with van der Waals surface area (Å²) in [4.78, 5) is 14.2. The molecule has 0 atom stereocenters. The average Bonchev–Trinajstić information content (AvgIpc) is 2.40. The van der Waals surface area contributed by atoms with Crippen LogP contribution in [0.25, 0.3) is 0 Å². The Morgan fingerprint density at radius 1 is 1.26 bits per heavy atom. The van der Waals surface area contributed by atoms with Crippen molar-refractivity contribution in [3.63, 3.8) is 0 Å². The van der Waals surface area contributed by atoms with Gasteiger partial charge in [-0.1, -0.05) is 30.3 Å². The van der Waals surface area contributed by atoms with Crippen LogP contribution >= 0.6 is 12.4 Å². The monoisotopic (exact) mass is 284 g/mol. The molecule has 108 valence electrons. The van der Waals surface area contributed by atoms with E-state index in [2.05, 4.69) is 12.1 Å². The Hall–Kier alpha value is -1.06. The second kappa shape index (κ2) is 8.18. The van der Waals surface area contributed by atoms with Gasteiger partial charge in [-0.25, -0.2) is 0 Å². The molecule has 1 rings (SSSR count). The lowest BCUT2D eigenvalue weighted by Crippen LogP contribution is -2.45. The van der Waals surface area contributed by atoms with Crippen LogP contribution in [0.2, 0.25) is 0 Å². The minimum Gasteiger partial charge on any atom is -0.342 e. The Balaban J connectivity index is 0.00000324. The maximum Gasteiger partial charge on any atom is 0.229 e. The molecule has 4 heteroatoms. The van der Waals surface area contributed by atoms with Crippen LogP contribution in [0.1, 0.15) is 26.3 Å². The van der Waals surface area contributed by atoms with Crippen molar-refractivity contribution in [2.24, 2.45) is 11.1 Å². The minimum absolute atomic E-state index is 0. The van der Waals surface area contributed by atoms with Gasteiger partial charge in [0, 0.05) is 19.6 Å². The van der Waals surface area contributed by atoms with Crippen molar-refractivity contribution < 1.29 is 4.79 Å². The highest BCUT2D eigenvalue weighted by Crippen LogP contribution is 2.17. The normalized spacial score (nSPS) is 10.7. The van der Waals surface area contributed by atoms with Crippen LogP contribution in [-0.2, 0) is 11.2 Å². The first-order chi connectivity index (χ1) is 8.51. The molecule has 0 unspecified atom stereocenters. The molecule has 0 radical (unpaired) electrons. The van der Waals surface area contributed by atoms with Gasteiger partial charge in [0.15, 0.2) is 0 Å². The second-order valence-corrected chi connectivity index (χ2v) is 5.21. The molecule has 0 spiro atoms. The van der Waals surface area contributed by atoms with Gasteiger partial charge in [0.2, 0.25) is 5.91 Å². The van der Waals surface area contributed by atoms with Crippen LogP contribution in [0.15, 0.2) is 30.3 Å². The van der Waals surface area contributed by atoms with E-state index in [9.17, 15) is 4.79 Å². The molecule has 3 nitrogen and oxygen atoms in total. The Kier molecular flexibility index (Phi) is 7.72. The molecule has 19 heavy (non-hydrogen) atoms. The standard InChI is InChI=1S/C15H24N2O.ClH/c1-4-17(14(18)15(2,3)12-16)11-10-13-8-6-5-7-9-13;/h5-9H,4,10-12,16H2,1-3H3;1H. The SMILES string of the molecule is CCN(CCc1ccccc1)C(=O)C(C)(C)CN.Cl. The lowest BCUT2D eigenvalue weighted by atomic mass is 9.91. The average molecular weight is 285 g/mol. The summed E-state index contributed by atoms with van der Waals surface area (Å²) in [5, 5.41) is 0. The minimum atomic E-state index is -0.466. The number of nitrogens with zero attached hydrogens (tertiary/aromatic N) is 1. The number of likely N-dealkylation sites (N-methyl/N-ethyl adjacent to an activating group) is 1. The number of hydrogen-bond donors (Lipinski definition) is 1. The highest BCUT2D eigenvalue weighted by molar-refractivity contribution is 5.85. The van der Waals surface area contributed by atoms with Crippen molar-refractivity contribution in [2.45, 2.75) is 27.2 Å². The van der Waals surface area contributed by atoms with Crippen LogP contribution < -0.4 is 5.73 Å². The quantitative estimate of drug-likeness (QED) is 0.872. The summed E-state index contributed by atoms with van der Waals surface area (Å²) in [5.41, 5.74) is 6.45. The molecule has 1 amide bonds. The molecule has 0 aliphatic carbocycles. The molecule has 0 bridgehead atoms. The zero-order chi connectivity index (χ0) is 13.6. The number of amides is 1. The van der Waals surface area contributed by atoms with Gasteiger partial charge in [0.1, 0.15) is 0 Å². The fourth-order valence-electron chi connectivity index (χ4n) is 1.83. The van der Waals surface area contributed by atoms with E-state index in [0.717, 1.165) is 19.5 Å². The van der Waals surface area contributed by atoms with Crippen LogP contribution in [0, 0.1) is 5.41 Å². The molecule has 0 aliphatic heterocycles. The number of rotatable bonds is 6. The number of benzene rings is 1. The van der Waals surface area contributed by atoms with Crippen molar-refractivity contribution >= 4 is 18.3 Å². The topological polar surface area (TPSA) is 46.3 Å². The van der Waals surface area contributed by atoms with Gasteiger partial charge >= 0.3 is 0 Å². The summed E-state index contributed by atoms with van der Waals surface area (Å²) in [6, 6.07) is 10.2. The molecular weight excluding hydrogens is 260 g/mol. The fraction of sp³-hybridized carbons (Fsp3) is 0.533. The van der Waals surface area contributed by atoms with Gasteiger partial charge in [-0.15, -0.1) is 12.4 Å². The van der Waals surface area contributed by atoms with Gasteiger partial charge < -0.3 is 10.6 Å². The van der Waals surface area contributed by atoms with Gasteiger partial charge in [-0.05, 0) is 32.8 Å². The lowest BCUT2D eigenvalue weighted by Gasteiger charge is -2.30. The number of nitrogens with two attached hydrogens (primary N) is 1. The van der Waals surface area contributed by atoms with E-state index in [1.807, 2.05) is 43.9 Å². The fourth-order valence-corrected chi connectivity index (χ4v) is 1.83. The lowest BCUT2D eigenvalue weighted by molar-refractivity contribution is -0.139. The molecule has 0 aliphatic rings. The third-order valence-corrected chi connectivity index (χ3v) is 3.27.